The fraction of sp³-hybridized carbons (Fsp3) is 0.391. The SMILES string of the molecule is COc1cc(OC)c(OC)cc1CNC(=O)C1CCN(S(=O)(=O)c2ccc(C#N)cc2)CC1. The number of amides is 1. The van der Waals surface area contributed by atoms with Gasteiger partial charge in [-0.2, -0.15) is 9.57 Å². The van der Waals surface area contributed by atoms with E-state index in [1.54, 1.807) is 12.1 Å². The van der Waals surface area contributed by atoms with Gasteiger partial charge in [0.05, 0.1) is 37.9 Å². The highest BCUT2D eigenvalue weighted by Gasteiger charge is 2.32. The molecule has 1 fully saturated rings. The fourth-order valence-corrected chi connectivity index (χ4v) is 5.24. The number of nitrogens with one attached hydrogen (secondary N) is 1. The molecular formula is C23H27N3O6S. The van der Waals surface area contributed by atoms with Crippen molar-refractivity contribution in [2.45, 2.75) is 24.3 Å². The molecule has 0 aromatic heterocycles. The van der Waals surface area contributed by atoms with E-state index >= 15 is 0 Å². The molecule has 1 aliphatic rings. The van der Waals surface area contributed by atoms with E-state index in [4.69, 9.17) is 19.5 Å². The number of carbonyl (C=O) groups excluding carboxylic acids is 1. The molecule has 0 spiro atoms. The van der Waals surface area contributed by atoms with Crippen LogP contribution in [-0.4, -0.2) is 53.0 Å². The summed E-state index contributed by atoms with van der Waals surface area (Å²) in [7, 11) is 0.942. The van der Waals surface area contributed by atoms with Gasteiger partial charge in [-0.15, -0.1) is 0 Å². The van der Waals surface area contributed by atoms with Crippen molar-refractivity contribution < 1.29 is 27.4 Å². The monoisotopic (exact) mass is 473 g/mol. The number of methoxy groups -OCH3 is 3. The molecule has 0 saturated carbocycles. The van der Waals surface area contributed by atoms with Gasteiger partial charge in [0.15, 0.2) is 11.5 Å². The zero-order valence-electron chi connectivity index (χ0n) is 18.8. The zero-order chi connectivity index (χ0) is 24.0. The van der Waals surface area contributed by atoms with Gasteiger partial charge in [0.2, 0.25) is 15.9 Å². The Morgan fingerprint density at radius 2 is 1.61 bits per heavy atom. The Kier molecular flexibility index (Phi) is 7.79. The molecule has 3 rings (SSSR count). The van der Waals surface area contributed by atoms with Crippen LogP contribution in [0, 0.1) is 17.2 Å². The van der Waals surface area contributed by atoms with Crippen molar-refractivity contribution in [3.05, 3.63) is 47.5 Å². The van der Waals surface area contributed by atoms with E-state index in [9.17, 15) is 13.2 Å². The molecule has 0 atom stereocenters. The first-order chi connectivity index (χ1) is 15.8. The molecule has 1 aliphatic heterocycles. The molecule has 2 aromatic rings. The van der Waals surface area contributed by atoms with E-state index in [0.717, 1.165) is 5.56 Å². The molecular weight excluding hydrogens is 446 g/mol. The second-order valence-electron chi connectivity index (χ2n) is 7.55. The minimum atomic E-state index is -3.66. The van der Waals surface area contributed by atoms with E-state index in [1.165, 1.54) is 49.9 Å². The van der Waals surface area contributed by atoms with Crippen molar-refractivity contribution in [1.29, 1.82) is 5.26 Å². The largest absolute Gasteiger partial charge is 0.496 e. The summed E-state index contributed by atoms with van der Waals surface area (Å²) in [6.45, 7) is 0.742. The van der Waals surface area contributed by atoms with Gasteiger partial charge in [0.25, 0.3) is 0 Å². The first-order valence-electron chi connectivity index (χ1n) is 10.4. The van der Waals surface area contributed by atoms with Gasteiger partial charge in [-0.05, 0) is 43.2 Å². The highest BCUT2D eigenvalue weighted by molar-refractivity contribution is 7.89. The molecule has 0 bridgehead atoms. The summed E-state index contributed by atoms with van der Waals surface area (Å²) >= 11 is 0. The number of hydrogen-bond acceptors (Lipinski definition) is 7. The van der Waals surface area contributed by atoms with Crippen LogP contribution in [0.4, 0.5) is 0 Å². The maximum atomic E-state index is 12.9. The van der Waals surface area contributed by atoms with E-state index in [-0.39, 0.29) is 36.4 Å². The lowest BCUT2D eigenvalue weighted by molar-refractivity contribution is -0.126. The Balaban J connectivity index is 1.60. The molecule has 0 unspecified atom stereocenters. The highest BCUT2D eigenvalue weighted by Crippen LogP contribution is 2.34. The lowest BCUT2D eigenvalue weighted by Gasteiger charge is -2.30. The molecule has 1 heterocycles. The number of rotatable bonds is 8. The topological polar surface area (TPSA) is 118 Å². The molecule has 1 N–H and O–H groups in total. The molecule has 176 valence electrons. The molecule has 1 amide bonds. The summed E-state index contributed by atoms with van der Waals surface area (Å²) in [6, 6.07) is 11.3. The summed E-state index contributed by atoms with van der Waals surface area (Å²) in [5.74, 6) is 1.20. The number of piperidine rings is 1. The summed E-state index contributed by atoms with van der Waals surface area (Å²) < 4.78 is 43.1. The minimum absolute atomic E-state index is 0.137. The zero-order valence-corrected chi connectivity index (χ0v) is 19.6. The van der Waals surface area contributed by atoms with Crippen molar-refractivity contribution in [3.63, 3.8) is 0 Å². The van der Waals surface area contributed by atoms with Gasteiger partial charge in [0.1, 0.15) is 5.75 Å². The molecule has 9 nitrogen and oxygen atoms in total. The van der Waals surface area contributed by atoms with Crippen LogP contribution >= 0.6 is 0 Å². The normalized spacial score (nSPS) is 14.8. The first kappa shape index (κ1) is 24.4. The lowest BCUT2D eigenvalue weighted by Crippen LogP contribution is -2.42. The van der Waals surface area contributed by atoms with Crippen molar-refractivity contribution in [1.82, 2.24) is 9.62 Å². The number of nitriles is 1. The molecule has 1 saturated heterocycles. The molecule has 10 heteroatoms. The third-order valence-electron chi connectivity index (χ3n) is 5.69. The van der Waals surface area contributed by atoms with Crippen LogP contribution in [0.3, 0.4) is 0 Å². The van der Waals surface area contributed by atoms with Crippen molar-refractivity contribution >= 4 is 15.9 Å². The van der Waals surface area contributed by atoms with Gasteiger partial charge in [-0.1, -0.05) is 0 Å². The molecule has 33 heavy (non-hydrogen) atoms. The van der Waals surface area contributed by atoms with Crippen LogP contribution in [0.25, 0.3) is 0 Å². The van der Waals surface area contributed by atoms with Gasteiger partial charge < -0.3 is 19.5 Å². The average Bonchev–Trinajstić information content (AvgIpc) is 2.86. The second-order valence-corrected chi connectivity index (χ2v) is 9.49. The summed E-state index contributed by atoms with van der Waals surface area (Å²) in [6.07, 6.45) is 0.842. The number of hydrogen-bond donors (Lipinski definition) is 1. The number of carbonyl (C=O) groups is 1. The Bertz CT molecular complexity index is 1130. The van der Waals surface area contributed by atoms with Gasteiger partial charge in [-0.3, -0.25) is 4.79 Å². The third kappa shape index (κ3) is 5.38. The summed E-state index contributed by atoms with van der Waals surface area (Å²) in [5, 5.41) is 11.8. The first-order valence-corrected chi connectivity index (χ1v) is 11.8. The van der Waals surface area contributed by atoms with Crippen LogP contribution in [0.15, 0.2) is 41.3 Å². The number of sulfonamides is 1. The van der Waals surface area contributed by atoms with Crippen LogP contribution in [0.1, 0.15) is 24.0 Å². The fourth-order valence-electron chi connectivity index (χ4n) is 3.77. The number of ether oxygens (including phenoxy) is 3. The average molecular weight is 474 g/mol. The van der Waals surface area contributed by atoms with Crippen LogP contribution < -0.4 is 19.5 Å². The smallest absolute Gasteiger partial charge is 0.243 e. The van der Waals surface area contributed by atoms with Gasteiger partial charge >= 0.3 is 0 Å². The van der Waals surface area contributed by atoms with Crippen LogP contribution in [0.5, 0.6) is 17.2 Å². The van der Waals surface area contributed by atoms with E-state index in [1.807, 2.05) is 6.07 Å². The van der Waals surface area contributed by atoms with Gasteiger partial charge in [0, 0.05) is 37.2 Å². The number of nitrogens with zero attached hydrogens (tertiary/aromatic N) is 2. The van der Waals surface area contributed by atoms with Gasteiger partial charge in [-0.25, -0.2) is 8.42 Å². The maximum absolute atomic E-state index is 12.9. The van der Waals surface area contributed by atoms with Crippen molar-refractivity contribution in [2.75, 3.05) is 34.4 Å². The molecule has 0 radical (unpaired) electrons. The third-order valence-corrected chi connectivity index (χ3v) is 7.60. The summed E-state index contributed by atoms with van der Waals surface area (Å²) in [5.41, 5.74) is 1.14. The maximum Gasteiger partial charge on any atom is 0.243 e. The molecule has 0 aliphatic carbocycles. The van der Waals surface area contributed by atoms with E-state index < -0.39 is 10.0 Å². The Labute approximate surface area is 193 Å². The lowest BCUT2D eigenvalue weighted by atomic mass is 9.97. The summed E-state index contributed by atoms with van der Waals surface area (Å²) in [4.78, 5) is 12.9. The Hall–Kier alpha value is -3.29. The Morgan fingerprint density at radius 1 is 1.03 bits per heavy atom. The standard InChI is InChI=1S/C23H27N3O6S/c1-30-20-13-22(32-3)21(31-2)12-18(20)15-25-23(27)17-8-10-26(11-9-17)33(28,29)19-6-4-16(14-24)5-7-19/h4-7,12-13,17H,8-11,15H2,1-3H3,(H,25,27). The number of benzene rings is 2. The van der Waals surface area contributed by atoms with Crippen LogP contribution in [0.2, 0.25) is 0 Å². The van der Waals surface area contributed by atoms with Crippen LogP contribution in [-0.2, 0) is 21.4 Å². The predicted molar refractivity (Wildman–Crippen MR) is 121 cm³/mol. The Morgan fingerprint density at radius 3 is 2.15 bits per heavy atom. The van der Waals surface area contributed by atoms with Crippen molar-refractivity contribution in [3.8, 4) is 23.3 Å². The van der Waals surface area contributed by atoms with Crippen molar-refractivity contribution in [2.24, 2.45) is 5.92 Å². The minimum Gasteiger partial charge on any atom is -0.496 e. The van der Waals surface area contributed by atoms with E-state index in [0.29, 0.717) is 35.7 Å². The van der Waals surface area contributed by atoms with E-state index in [2.05, 4.69) is 5.32 Å². The molecule has 2 aromatic carbocycles. The predicted octanol–water partition coefficient (Wildman–Crippen LogP) is 2.30. The quantitative estimate of drug-likeness (QED) is 0.625. The highest BCUT2D eigenvalue weighted by atomic mass is 32.2. The second kappa shape index (κ2) is 10.6.